The molecule has 3 aliphatic heterocycles. The van der Waals surface area contributed by atoms with Crippen LogP contribution in [0.5, 0.6) is 11.5 Å². The van der Waals surface area contributed by atoms with Crippen LogP contribution in [0.2, 0.25) is 0 Å². The highest BCUT2D eigenvalue weighted by Crippen LogP contribution is 2.42. The van der Waals surface area contributed by atoms with Crippen LogP contribution in [0.1, 0.15) is 73.3 Å². The summed E-state index contributed by atoms with van der Waals surface area (Å²) in [7, 11) is -2.01. The second-order valence-electron chi connectivity index (χ2n) is 18.7. The van der Waals surface area contributed by atoms with E-state index in [0.717, 1.165) is 0 Å². The van der Waals surface area contributed by atoms with Crippen LogP contribution in [0.4, 0.5) is 11.4 Å². The molecule has 0 unspecified atom stereocenters. The summed E-state index contributed by atoms with van der Waals surface area (Å²) >= 11 is 0. The van der Waals surface area contributed by atoms with E-state index < -0.39 is 97.9 Å². The molecule has 19 heteroatoms. The zero-order chi connectivity index (χ0) is 49.7. The second kappa shape index (κ2) is 19.4. The molecule has 1 saturated heterocycles. The molecule has 4 heterocycles. The van der Waals surface area contributed by atoms with E-state index in [4.69, 9.17) is 23.6 Å². The number of sulfonamides is 1. The molecular formula is C49H62N4O14S. The number of aliphatic hydroxyl groups excluding tert-OH is 4. The van der Waals surface area contributed by atoms with Gasteiger partial charge < -0.3 is 54.4 Å². The number of anilines is 2. The van der Waals surface area contributed by atoms with E-state index >= 15 is 0 Å². The zero-order valence-corrected chi connectivity index (χ0v) is 40.5. The van der Waals surface area contributed by atoms with Crippen LogP contribution >= 0.6 is 0 Å². The average molecular weight is 963 g/mol. The molecule has 1 fully saturated rings. The Morgan fingerprint density at radius 1 is 0.941 bits per heavy atom. The summed E-state index contributed by atoms with van der Waals surface area (Å²) in [6, 6.07) is 2.67. The Balaban J connectivity index is 1.43. The van der Waals surface area contributed by atoms with Gasteiger partial charge in [0.05, 0.1) is 47.0 Å². The van der Waals surface area contributed by atoms with Crippen LogP contribution < -0.4 is 35.8 Å². The number of nitrogens with one attached hydrogen (secondary N) is 2. The minimum atomic E-state index is -3.44. The first-order valence-corrected chi connectivity index (χ1v) is 24.6. The van der Waals surface area contributed by atoms with Gasteiger partial charge in [-0.05, 0) is 39.2 Å². The van der Waals surface area contributed by atoms with Crippen molar-refractivity contribution in [2.24, 2.45) is 23.7 Å². The quantitative estimate of drug-likeness (QED) is 0.105. The van der Waals surface area contributed by atoms with E-state index in [1.807, 2.05) is 4.90 Å². The van der Waals surface area contributed by atoms with Crippen molar-refractivity contribution in [2.45, 2.75) is 111 Å². The molecule has 3 aromatic carbocycles. The fraction of sp³-hybridized carbons (Fsp3) is 0.510. The SMILES string of the molecule is CCCS(=O)(=O)NC1CCN(c2cc(=O)c3nc4c(oc3c2)c2c(=O)c3c(O)c(C)c5c(c34)=C(O)[C@@](C)(O/C=C/[C@H](OC)[C@@H](C)[C@@H](O)[C@H](C)[C@H](O)[C@H](C)[C@@H](O)[C@@H](C)/C=C/C=C(/C)C(=O)N2)O5)CC1. The largest absolute Gasteiger partial charge is 0.507 e. The summed E-state index contributed by atoms with van der Waals surface area (Å²) in [6.07, 6.45) is 4.69. The Bertz CT molecular complexity index is 3020. The molecule has 1 amide bonds. The van der Waals surface area contributed by atoms with Gasteiger partial charge in [0.25, 0.3) is 5.91 Å². The molecule has 0 spiro atoms. The minimum absolute atomic E-state index is 0.0173. The van der Waals surface area contributed by atoms with Gasteiger partial charge in [-0.15, -0.1) is 0 Å². The number of carbonyl (C=O) groups excluding carboxylic acids is 1. The molecule has 4 aromatic rings. The molecule has 7 rings (SSSR count). The highest BCUT2D eigenvalue weighted by Gasteiger charge is 2.44. The monoisotopic (exact) mass is 962 g/mol. The first kappa shape index (κ1) is 50.3. The minimum Gasteiger partial charge on any atom is -0.507 e. The van der Waals surface area contributed by atoms with E-state index in [-0.39, 0.29) is 66.9 Å². The van der Waals surface area contributed by atoms with Gasteiger partial charge in [-0.25, -0.2) is 18.1 Å². The number of rotatable bonds is 6. The number of aliphatic hydroxyl groups is 4. The summed E-state index contributed by atoms with van der Waals surface area (Å²) in [4.78, 5) is 49.6. The Kier molecular flexibility index (Phi) is 14.4. The first-order valence-electron chi connectivity index (χ1n) is 22.9. The Morgan fingerprint density at radius 2 is 1.60 bits per heavy atom. The van der Waals surface area contributed by atoms with Crippen molar-refractivity contribution in [1.82, 2.24) is 9.71 Å². The zero-order valence-electron chi connectivity index (χ0n) is 39.7. The fourth-order valence-corrected chi connectivity index (χ4v) is 10.9. The van der Waals surface area contributed by atoms with E-state index in [1.54, 1.807) is 52.8 Å². The number of carbonyl (C=O) groups is 1. The lowest BCUT2D eigenvalue weighted by molar-refractivity contribution is -0.112. The van der Waals surface area contributed by atoms with Gasteiger partial charge in [0.15, 0.2) is 22.4 Å². The summed E-state index contributed by atoms with van der Waals surface area (Å²) in [6.45, 7) is 13.8. The molecule has 9 atom stereocenters. The van der Waals surface area contributed by atoms with Gasteiger partial charge in [-0.1, -0.05) is 52.8 Å². The van der Waals surface area contributed by atoms with E-state index in [0.29, 0.717) is 38.0 Å². The van der Waals surface area contributed by atoms with Gasteiger partial charge >= 0.3 is 5.79 Å². The third-order valence-electron chi connectivity index (χ3n) is 13.8. The second-order valence-corrected chi connectivity index (χ2v) is 20.5. The number of phenolic OH excluding ortho intramolecular Hbond substituents is 1. The predicted molar refractivity (Wildman–Crippen MR) is 258 cm³/mol. The number of hydrogen-bond donors (Lipinski definition) is 7. The average Bonchev–Trinajstić information content (AvgIpc) is 3.57. The molecular weight excluding hydrogens is 901 g/mol. The van der Waals surface area contributed by atoms with Gasteiger partial charge in [0.1, 0.15) is 22.7 Å². The number of fused-ring (bicyclic) bond motifs is 5. The van der Waals surface area contributed by atoms with Crippen molar-refractivity contribution in [3.8, 4) is 11.5 Å². The lowest BCUT2D eigenvalue weighted by Gasteiger charge is -2.36. The fourth-order valence-electron chi connectivity index (χ4n) is 9.51. The summed E-state index contributed by atoms with van der Waals surface area (Å²) in [5.74, 6) is -6.46. The molecule has 7 N–H and O–H groups in total. The van der Waals surface area contributed by atoms with Gasteiger partial charge in [0, 0.05) is 91.2 Å². The van der Waals surface area contributed by atoms with Gasteiger partial charge in [-0.3, -0.25) is 14.4 Å². The standard InChI is InChI=1S/C49H62N4O14S/c1-10-20-68(62,63)52-29-14-17-53(18-15-29)30-21-31(54)37-33(22-30)66-46-38(50-37)34-35-43(58)28(7)45-36(34)47(60)49(8,67-45)65-19-16-32(64-9)25(4)41(56)27(6)42(57)26(5)40(55)23(2)12-11-13-24(3)48(61)51-39(46)44(35)59/h11-13,16,19,21-23,25-27,29,32,40-42,52,55-58,60H,10,14-15,17-18,20H2,1-9H3,(H,51,61)/b12-11+,19-16+,24-13-/t23-,25+,26+,27-,32-,40-,41+,42+,49-/m0/s1. The smallest absolute Gasteiger partial charge is 0.307 e. The summed E-state index contributed by atoms with van der Waals surface area (Å²) < 4.78 is 52.2. The number of aromatic nitrogens is 1. The van der Waals surface area contributed by atoms with Crippen LogP contribution in [0.15, 0.2) is 62.3 Å². The molecule has 18 nitrogen and oxygen atoms in total. The Labute approximate surface area is 393 Å². The number of nitrogens with zero attached hydrogens (tertiary/aromatic N) is 2. The lowest BCUT2D eigenvalue weighted by Crippen LogP contribution is -2.45. The number of piperidine rings is 1. The van der Waals surface area contributed by atoms with Crippen molar-refractivity contribution >= 4 is 66.0 Å². The number of ether oxygens (including phenoxy) is 3. The number of aromatic hydroxyl groups is 1. The molecule has 1 aromatic heterocycles. The van der Waals surface area contributed by atoms with Crippen LogP contribution in [0.3, 0.4) is 0 Å². The summed E-state index contributed by atoms with van der Waals surface area (Å²) in [5, 5.41) is 60.1. The van der Waals surface area contributed by atoms with E-state index in [9.17, 15) is 48.3 Å². The van der Waals surface area contributed by atoms with Crippen LogP contribution in [0.25, 0.3) is 38.7 Å². The molecule has 3 aliphatic rings. The van der Waals surface area contributed by atoms with Crippen molar-refractivity contribution in [3.63, 3.8) is 0 Å². The number of phenols is 1. The van der Waals surface area contributed by atoms with Crippen LogP contribution in [-0.4, -0.2) is 107 Å². The maximum absolute atomic E-state index is 14.9. The van der Waals surface area contributed by atoms with Crippen molar-refractivity contribution in [1.29, 1.82) is 0 Å². The third-order valence-corrected chi connectivity index (χ3v) is 15.5. The molecule has 0 radical (unpaired) electrons. The number of hydrogen-bond acceptors (Lipinski definition) is 16. The third kappa shape index (κ3) is 9.31. The number of allylic oxidation sites excluding steroid dienone is 2. The summed E-state index contributed by atoms with van der Waals surface area (Å²) in [5.41, 5.74) is -1.97. The van der Waals surface area contributed by atoms with E-state index in [2.05, 4.69) is 10.0 Å². The van der Waals surface area contributed by atoms with Crippen molar-refractivity contribution in [3.05, 3.63) is 79.5 Å². The predicted octanol–water partition coefficient (Wildman–Crippen LogP) is 4.29. The van der Waals surface area contributed by atoms with Crippen LogP contribution in [-0.2, 0) is 24.3 Å². The highest BCUT2D eigenvalue weighted by molar-refractivity contribution is 7.89. The number of amides is 1. The first-order chi connectivity index (χ1) is 32.0. The number of methoxy groups -OCH3 is 1. The highest BCUT2D eigenvalue weighted by atomic mass is 32.2. The molecule has 68 heavy (non-hydrogen) atoms. The normalized spacial score (nSPS) is 29.8. The maximum Gasteiger partial charge on any atom is 0.307 e. The molecule has 0 aliphatic carbocycles. The van der Waals surface area contributed by atoms with Crippen molar-refractivity contribution in [2.75, 3.05) is 36.2 Å². The molecule has 5 bridgehead atoms. The molecule has 368 valence electrons. The Morgan fingerprint density at radius 3 is 2.26 bits per heavy atom. The van der Waals surface area contributed by atoms with Gasteiger partial charge in [0.2, 0.25) is 20.9 Å². The van der Waals surface area contributed by atoms with Crippen LogP contribution in [0, 0.1) is 30.6 Å². The Hall–Kier alpha value is -5.57. The van der Waals surface area contributed by atoms with Gasteiger partial charge in [-0.2, -0.15) is 0 Å². The molecule has 0 saturated carbocycles. The maximum atomic E-state index is 14.9. The van der Waals surface area contributed by atoms with E-state index in [1.165, 1.54) is 52.4 Å². The van der Waals surface area contributed by atoms with Crippen molar-refractivity contribution < 1.29 is 57.4 Å². The number of benzene rings is 3. The topological polar surface area (TPSA) is 268 Å². The lowest BCUT2D eigenvalue weighted by atomic mass is 9.78.